The number of rotatable bonds is 3. The number of hydrogen-bond acceptors (Lipinski definition) is 4. The van der Waals surface area contributed by atoms with Crippen LogP contribution >= 0.6 is 0 Å². The molecule has 0 unspecified atom stereocenters. The second-order valence-electron chi connectivity index (χ2n) is 5.17. The molecule has 0 saturated heterocycles. The molecule has 1 aromatic heterocycles. The minimum Gasteiger partial charge on any atom is -0.372 e. The maximum Gasteiger partial charge on any atom is 0.261 e. The van der Waals surface area contributed by atoms with Gasteiger partial charge in [0, 0.05) is 5.39 Å². The van der Waals surface area contributed by atoms with Gasteiger partial charge >= 0.3 is 0 Å². The molecule has 3 aromatic rings. The Morgan fingerprint density at radius 1 is 1.14 bits per heavy atom. The Labute approximate surface area is 127 Å². The van der Waals surface area contributed by atoms with E-state index in [9.17, 15) is 8.42 Å². The third-order valence-corrected chi connectivity index (χ3v) is 5.10. The number of nitrogens with one attached hydrogen (secondary N) is 2. The number of sulfonamides is 1. The molecule has 6 nitrogen and oxygen atoms in total. The summed E-state index contributed by atoms with van der Waals surface area (Å²) in [6.45, 7) is 0.993. The molecule has 0 bridgehead atoms. The van der Waals surface area contributed by atoms with Crippen LogP contribution in [0, 0.1) is 0 Å². The smallest absolute Gasteiger partial charge is 0.261 e. The van der Waals surface area contributed by atoms with Crippen molar-refractivity contribution in [2.75, 3.05) is 4.72 Å². The van der Waals surface area contributed by atoms with E-state index in [1.54, 1.807) is 36.5 Å². The van der Waals surface area contributed by atoms with Gasteiger partial charge in [-0.05, 0) is 35.4 Å². The van der Waals surface area contributed by atoms with E-state index in [4.69, 9.17) is 4.74 Å². The first-order valence-electron chi connectivity index (χ1n) is 6.78. The van der Waals surface area contributed by atoms with Crippen LogP contribution < -0.4 is 4.72 Å². The van der Waals surface area contributed by atoms with Crippen LogP contribution in [0.15, 0.2) is 47.5 Å². The topological polar surface area (TPSA) is 84.1 Å². The van der Waals surface area contributed by atoms with E-state index in [-0.39, 0.29) is 4.90 Å². The monoisotopic (exact) mass is 315 g/mol. The van der Waals surface area contributed by atoms with Crippen LogP contribution in [0.3, 0.4) is 0 Å². The van der Waals surface area contributed by atoms with Crippen molar-refractivity contribution in [3.8, 4) is 0 Å². The molecule has 4 rings (SSSR count). The largest absolute Gasteiger partial charge is 0.372 e. The van der Waals surface area contributed by atoms with Crippen LogP contribution in [0.4, 0.5) is 5.69 Å². The first kappa shape index (κ1) is 13.3. The Balaban J connectivity index is 1.74. The summed E-state index contributed by atoms with van der Waals surface area (Å²) in [5, 5.41) is 7.49. The Hall–Kier alpha value is -2.38. The number of fused-ring (bicyclic) bond motifs is 2. The molecular formula is C15H13N3O3S. The van der Waals surface area contributed by atoms with E-state index in [1.165, 1.54) is 0 Å². The van der Waals surface area contributed by atoms with E-state index in [1.807, 2.05) is 6.07 Å². The van der Waals surface area contributed by atoms with Gasteiger partial charge in [-0.15, -0.1) is 0 Å². The second-order valence-corrected chi connectivity index (χ2v) is 6.85. The first-order chi connectivity index (χ1) is 10.6. The molecular weight excluding hydrogens is 302 g/mol. The van der Waals surface area contributed by atoms with Crippen molar-refractivity contribution < 1.29 is 13.2 Å². The summed E-state index contributed by atoms with van der Waals surface area (Å²) < 4.78 is 33.1. The lowest BCUT2D eigenvalue weighted by molar-refractivity contribution is 0.134. The maximum atomic E-state index is 12.6. The molecule has 1 aliphatic rings. The number of benzene rings is 2. The molecule has 0 atom stereocenters. The minimum atomic E-state index is -3.65. The van der Waals surface area contributed by atoms with Crippen molar-refractivity contribution in [2.45, 2.75) is 18.1 Å². The lowest BCUT2D eigenvalue weighted by atomic mass is 10.1. The van der Waals surface area contributed by atoms with E-state index in [2.05, 4.69) is 14.9 Å². The van der Waals surface area contributed by atoms with E-state index in [0.717, 1.165) is 22.0 Å². The molecule has 2 aromatic carbocycles. The van der Waals surface area contributed by atoms with Crippen LogP contribution in [-0.4, -0.2) is 18.6 Å². The predicted molar refractivity (Wildman–Crippen MR) is 81.8 cm³/mol. The minimum absolute atomic E-state index is 0.234. The lowest BCUT2D eigenvalue weighted by Gasteiger charge is -2.10. The maximum absolute atomic E-state index is 12.6. The molecule has 7 heteroatoms. The van der Waals surface area contributed by atoms with Crippen molar-refractivity contribution in [3.05, 3.63) is 53.7 Å². The highest BCUT2D eigenvalue weighted by atomic mass is 32.2. The summed E-state index contributed by atoms with van der Waals surface area (Å²) in [6, 6.07) is 10.4. The molecule has 1 aliphatic heterocycles. The number of anilines is 1. The average Bonchev–Trinajstić information content (AvgIpc) is 3.15. The van der Waals surface area contributed by atoms with Crippen molar-refractivity contribution in [2.24, 2.45) is 0 Å². The van der Waals surface area contributed by atoms with Crippen molar-refractivity contribution in [3.63, 3.8) is 0 Å². The molecule has 2 N–H and O–H groups in total. The normalized spacial score (nSPS) is 14.2. The van der Waals surface area contributed by atoms with Crippen LogP contribution in [0.2, 0.25) is 0 Å². The Morgan fingerprint density at radius 3 is 2.91 bits per heavy atom. The number of aromatic amines is 1. The molecule has 0 fully saturated rings. The summed E-state index contributed by atoms with van der Waals surface area (Å²) in [6.07, 6.45) is 1.60. The highest BCUT2D eigenvalue weighted by molar-refractivity contribution is 7.92. The molecule has 0 amide bonds. The fourth-order valence-electron chi connectivity index (χ4n) is 2.58. The molecule has 22 heavy (non-hydrogen) atoms. The molecule has 0 aliphatic carbocycles. The van der Waals surface area contributed by atoms with Gasteiger partial charge in [-0.3, -0.25) is 9.82 Å². The number of hydrogen-bond donors (Lipinski definition) is 2. The quantitative estimate of drug-likeness (QED) is 0.777. The Morgan fingerprint density at radius 2 is 2.00 bits per heavy atom. The summed E-state index contributed by atoms with van der Waals surface area (Å²) in [5.74, 6) is 0. The molecule has 0 spiro atoms. The summed E-state index contributed by atoms with van der Waals surface area (Å²) in [4.78, 5) is 0.234. The lowest BCUT2D eigenvalue weighted by Crippen LogP contribution is -2.13. The summed E-state index contributed by atoms with van der Waals surface area (Å²) >= 11 is 0. The predicted octanol–water partition coefficient (Wildman–Crippen LogP) is 2.39. The SMILES string of the molecule is O=S(=O)(Nc1cccc2[nH]ncc12)c1ccc2c(c1)COC2. The van der Waals surface area contributed by atoms with Gasteiger partial charge in [-0.25, -0.2) is 8.42 Å². The Kier molecular flexibility index (Phi) is 2.91. The van der Waals surface area contributed by atoms with Gasteiger partial charge in [0.15, 0.2) is 0 Å². The van der Waals surface area contributed by atoms with Crippen LogP contribution in [-0.2, 0) is 28.0 Å². The highest BCUT2D eigenvalue weighted by Gasteiger charge is 2.19. The van der Waals surface area contributed by atoms with Gasteiger partial charge in [0.2, 0.25) is 0 Å². The second kappa shape index (κ2) is 4.82. The van der Waals surface area contributed by atoms with Crippen molar-refractivity contribution >= 4 is 26.6 Å². The summed E-state index contributed by atoms with van der Waals surface area (Å²) in [7, 11) is -3.65. The average molecular weight is 315 g/mol. The fourth-order valence-corrected chi connectivity index (χ4v) is 3.71. The number of nitrogens with zero attached hydrogens (tertiary/aromatic N) is 1. The van der Waals surface area contributed by atoms with Gasteiger partial charge in [-0.2, -0.15) is 5.10 Å². The third kappa shape index (κ3) is 2.15. The van der Waals surface area contributed by atoms with Gasteiger partial charge < -0.3 is 4.74 Å². The zero-order valence-electron chi connectivity index (χ0n) is 11.5. The van der Waals surface area contributed by atoms with Gasteiger partial charge in [0.25, 0.3) is 10.0 Å². The van der Waals surface area contributed by atoms with Crippen molar-refractivity contribution in [1.29, 1.82) is 0 Å². The van der Waals surface area contributed by atoms with Crippen LogP contribution in [0.1, 0.15) is 11.1 Å². The zero-order valence-corrected chi connectivity index (χ0v) is 12.4. The van der Waals surface area contributed by atoms with Crippen LogP contribution in [0.25, 0.3) is 10.9 Å². The Bertz CT molecular complexity index is 963. The number of aromatic nitrogens is 2. The van der Waals surface area contributed by atoms with Gasteiger partial charge in [0.1, 0.15) is 0 Å². The van der Waals surface area contributed by atoms with Gasteiger partial charge in [0.05, 0.1) is 35.5 Å². The van der Waals surface area contributed by atoms with E-state index < -0.39 is 10.0 Å². The third-order valence-electron chi connectivity index (χ3n) is 3.73. The molecule has 2 heterocycles. The number of H-pyrrole nitrogens is 1. The van der Waals surface area contributed by atoms with E-state index in [0.29, 0.717) is 18.9 Å². The van der Waals surface area contributed by atoms with E-state index >= 15 is 0 Å². The fraction of sp³-hybridized carbons (Fsp3) is 0.133. The zero-order chi connectivity index (χ0) is 15.2. The van der Waals surface area contributed by atoms with Crippen molar-refractivity contribution in [1.82, 2.24) is 10.2 Å². The first-order valence-corrected chi connectivity index (χ1v) is 8.26. The standard InChI is InChI=1S/C15H13N3O3S/c19-22(20,12-5-4-10-8-21-9-11(10)6-12)18-15-3-1-2-14-13(15)7-16-17-14/h1-7,18H,8-9H2,(H,16,17). The molecule has 0 radical (unpaired) electrons. The highest BCUT2D eigenvalue weighted by Crippen LogP contribution is 2.27. The van der Waals surface area contributed by atoms with Gasteiger partial charge in [-0.1, -0.05) is 12.1 Å². The summed E-state index contributed by atoms with van der Waals surface area (Å²) in [5.41, 5.74) is 3.24. The number of ether oxygens (including phenoxy) is 1. The molecule has 0 saturated carbocycles. The van der Waals surface area contributed by atoms with Crippen LogP contribution in [0.5, 0.6) is 0 Å². The molecule has 112 valence electrons.